The van der Waals surface area contributed by atoms with E-state index in [9.17, 15) is 30.3 Å². The van der Waals surface area contributed by atoms with Gasteiger partial charge in [-0.3, -0.25) is 4.79 Å². The maximum Gasteiger partial charge on any atom is 0.220 e. The number of allylic oxidation sites excluding steroid dienone is 5. The van der Waals surface area contributed by atoms with Crippen molar-refractivity contribution in [2.45, 2.75) is 352 Å². The zero-order valence-electron chi connectivity index (χ0n) is 47.9. The number of hydrogen-bond acceptors (Lipinski definition) is 8. The van der Waals surface area contributed by atoms with Crippen LogP contribution in [-0.2, 0) is 14.3 Å². The molecule has 1 aliphatic rings. The van der Waals surface area contributed by atoms with Crippen molar-refractivity contribution in [3.63, 3.8) is 0 Å². The number of unbranched alkanes of at least 4 members (excludes halogenated alkanes) is 41. The summed E-state index contributed by atoms with van der Waals surface area (Å²) >= 11 is 0. The lowest BCUT2D eigenvalue weighted by Crippen LogP contribution is -2.60. The van der Waals surface area contributed by atoms with Crippen LogP contribution in [0.5, 0.6) is 0 Å². The lowest BCUT2D eigenvalue weighted by atomic mass is 9.99. The summed E-state index contributed by atoms with van der Waals surface area (Å²) in [5.74, 6) is -0.185. The van der Waals surface area contributed by atoms with E-state index < -0.39 is 49.5 Å². The second-order valence-corrected chi connectivity index (χ2v) is 22.2. The average molecular weight is 1030 g/mol. The molecule has 0 aromatic heterocycles. The first kappa shape index (κ1) is 69.4. The van der Waals surface area contributed by atoms with E-state index in [2.05, 4.69) is 43.5 Å². The van der Waals surface area contributed by atoms with Gasteiger partial charge in [0, 0.05) is 6.42 Å². The number of rotatable bonds is 55. The third-order valence-corrected chi connectivity index (χ3v) is 15.2. The van der Waals surface area contributed by atoms with E-state index in [1.807, 2.05) is 6.08 Å². The minimum absolute atomic E-state index is 0.185. The van der Waals surface area contributed by atoms with Crippen molar-refractivity contribution >= 4 is 5.91 Å². The molecule has 0 aromatic carbocycles. The number of carbonyl (C=O) groups excluding carboxylic acids is 1. The minimum atomic E-state index is -1.57. The third kappa shape index (κ3) is 43.1. The van der Waals surface area contributed by atoms with Crippen molar-refractivity contribution in [3.05, 3.63) is 36.5 Å². The van der Waals surface area contributed by atoms with Crippen LogP contribution in [0.3, 0.4) is 0 Å². The molecule has 73 heavy (non-hydrogen) atoms. The van der Waals surface area contributed by atoms with E-state index >= 15 is 0 Å². The molecule has 1 rings (SSSR count). The quantitative estimate of drug-likeness (QED) is 0.0261. The standard InChI is InChI=1S/C64H121NO8/c1-3-5-7-9-11-13-15-17-19-21-23-25-26-27-28-29-30-31-32-34-35-37-39-41-43-45-47-49-51-53-58(67)57(56-72-64-63(71)62(70)61(69)59(55-66)73-64)65-60(68)54-52-50-48-46-44-42-40-38-36-33-24-22-20-18-16-14-12-10-8-6-4-2/h35,37,43,45,51,53,57-59,61-64,66-67,69-71H,3-34,36,38-42,44,46-50,52,54-56H2,1-2H3,(H,65,68)/b37-35+,45-43+,53-51+. The van der Waals surface area contributed by atoms with Crippen molar-refractivity contribution in [1.82, 2.24) is 5.32 Å². The van der Waals surface area contributed by atoms with E-state index in [4.69, 9.17) is 9.47 Å². The number of aliphatic hydroxyl groups is 5. The summed E-state index contributed by atoms with van der Waals surface area (Å²) < 4.78 is 11.3. The zero-order chi connectivity index (χ0) is 52.9. The molecule has 1 fully saturated rings. The minimum Gasteiger partial charge on any atom is -0.394 e. The van der Waals surface area contributed by atoms with Gasteiger partial charge in [-0.25, -0.2) is 0 Å². The van der Waals surface area contributed by atoms with Crippen molar-refractivity contribution in [1.29, 1.82) is 0 Å². The Bertz CT molecular complexity index is 1240. The highest BCUT2D eigenvalue weighted by Crippen LogP contribution is 2.23. The Morgan fingerprint density at radius 1 is 0.452 bits per heavy atom. The molecule has 1 aliphatic heterocycles. The fourth-order valence-corrected chi connectivity index (χ4v) is 10.2. The van der Waals surface area contributed by atoms with E-state index in [0.29, 0.717) is 6.42 Å². The molecule has 7 atom stereocenters. The van der Waals surface area contributed by atoms with Gasteiger partial charge >= 0.3 is 0 Å². The number of carbonyl (C=O) groups is 1. The van der Waals surface area contributed by atoms with Gasteiger partial charge in [0.05, 0.1) is 25.4 Å². The molecule has 1 saturated heterocycles. The highest BCUT2D eigenvalue weighted by Gasteiger charge is 2.44. The van der Waals surface area contributed by atoms with E-state index in [1.54, 1.807) is 6.08 Å². The highest BCUT2D eigenvalue weighted by molar-refractivity contribution is 5.76. The van der Waals surface area contributed by atoms with E-state index in [-0.39, 0.29) is 12.5 Å². The first-order chi connectivity index (χ1) is 35.8. The van der Waals surface area contributed by atoms with Crippen molar-refractivity contribution in [2.75, 3.05) is 13.2 Å². The van der Waals surface area contributed by atoms with Crippen molar-refractivity contribution in [3.8, 4) is 0 Å². The van der Waals surface area contributed by atoms with Gasteiger partial charge in [-0.2, -0.15) is 0 Å². The topological polar surface area (TPSA) is 149 Å². The monoisotopic (exact) mass is 1030 g/mol. The molecule has 430 valence electrons. The van der Waals surface area contributed by atoms with Gasteiger partial charge in [0.25, 0.3) is 0 Å². The van der Waals surface area contributed by atoms with Gasteiger partial charge in [0.15, 0.2) is 6.29 Å². The second kappa shape index (κ2) is 53.8. The maximum absolute atomic E-state index is 13.1. The molecular formula is C64H121NO8. The number of ether oxygens (including phenoxy) is 2. The molecule has 0 radical (unpaired) electrons. The predicted molar refractivity (Wildman–Crippen MR) is 309 cm³/mol. The van der Waals surface area contributed by atoms with Gasteiger partial charge in [-0.05, 0) is 44.9 Å². The molecule has 0 bridgehead atoms. The van der Waals surface area contributed by atoms with Crippen LogP contribution >= 0.6 is 0 Å². The third-order valence-electron chi connectivity index (χ3n) is 15.2. The summed E-state index contributed by atoms with van der Waals surface area (Å²) in [7, 11) is 0. The molecule has 0 aliphatic carbocycles. The van der Waals surface area contributed by atoms with E-state index in [1.165, 1.54) is 244 Å². The second-order valence-electron chi connectivity index (χ2n) is 22.2. The molecule has 9 heteroatoms. The van der Waals surface area contributed by atoms with Gasteiger partial charge in [-0.1, -0.05) is 294 Å². The SMILES string of the molecule is CCCCCCCCCCCCCCCCCCCCC/C=C/CC/C=C/CC/C=C/C(O)C(COC1OC(CO)C(O)C(O)C1O)NC(=O)CCCCCCCCCCCCCCCCCCCCCCC. The Kier molecular flexibility index (Phi) is 51.2. The largest absolute Gasteiger partial charge is 0.394 e. The molecule has 1 amide bonds. The molecule has 0 saturated carbocycles. The Balaban J connectivity index is 2.21. The summed E-state index contributed by atoms with van der Waals surface area (Å²) in [6.45, 7) is 3.80. The van der Waals surface area contributed by atoms with Gasteiger partial charge in [-0.15, -0.1) is 0 Å². The normalized spacial score (nSPS) is 19.2. The van der Waals surface area contributed by atoms with Gasteiger partial charge in [0.2, 0.25) is 5.91 Å². The smallest absolute Gasteiger partial charge is 0.220 e. The van der Waals surface area contributed by atoms with Crippen LogP contribution in [0.1, 0.15) is 309 Å². The maximum atomic E-state index is 13.1. The van der Waals surface area contributed by atoms with E-state index in [0.717, 1.165) is 44.9 Å². The van der Waals surface area contributed by atoms with Crippen LogP contribution in [0.25, 0.3) is 0 Å². The predicted octanol–water partition coefficient (Wildman–Crippen LogP) is 16.3. The van der Waals surface area contributed by atoms with Crippen LogP contribution in [0.15, 0.2) is 36.5 Å². The van der Waals surface area contributed by atoms with Gasteiger partial charge < -0.3 is 40.3 Å². The molecule has 7 unspecified atom stereocenters. The summed E-state index contributed by atoms with van der Waals surface area (Å²) in [4.78, 5) is 13.1. The summed E-state index contributed by atoms with van der Waals surface area (Å²) in [6.07, 6.45) is 63.8. The number of amides is 1. The fraction of sp³-hybridized carbons (Fsp3) is 0.891. The summed E-state index contributed by atoms with van der Waals surface area (Å²) in [5, 5.41) is 54.6. The van der Waals surface area contributed by atoms with Crippen LogP contribution in [-0.4, -0.2) is 87.5 Å². The first-order valence-corrected chi connectivity index (χ1v) is 31.7. The average Bonchev–Trinajstić information content (AvgIpc) is 3.39. The Morgan fingerprint density at radius 3 is 1.15 bits per heavy atom. The number of aliphatic hydroxyl groups excluding tert-OH is 5. The number of hydrogen-bond donors (Lipinski definition) is 6. The molecule has 9 nitrogen and oxygen atoms in total. The number of nitrogens with one attached hydrogen (secondary N) is 1. The molecule has 1 heterocycles. The molecule has 0 spiro atoms. The molecule has 6 N–H and O–H groups in total. The van der Waals surface area contributed by atoms with Crippen LogP contribution in [0.4, 0.5) is 0 Å². The zero-order valence-corrected chi connectivity index (χ0v) is 47.9. The summed E-state index contributed by atoms with van der Waals surface area (Å²) in [6, 6.07) is -0.827. The van der Waals surface area contributed by atoms with Crippen LogP contribution in [0, 0.1) is 0 Å². The van der Waals surface area contributed by atoms with Crippen molar-refractivity contribution < 1.29 is 39.8 Å². The molecular weight excluding hydrogens is 911 g/mol. The molecule has 0 aromatic rings. The lowest BCUT2D eigenvalue weighted by molar-refractivity contribution is -0.302. The Labute approximate surface area is 451 Å². The van der Waals surface area contributed by atoms with Crippen LogP contribution < -0.4 is 5.32 Å². The highest BCUT2D eigenvalue weighted by atomic mass is 16.7. The fourth-order valence-electron chi connectivity index (χ4n) is 10.2. The Hall–Kier alpha value is -1.59. The van der Waals surface area contributed by atoms with Crippen LogP contribution in [0.2, 0.25) is 0 Å². The lowest BCUT2D eigenvalue weighted by Gasteiger charge is -2.40. The van der Waals surface area contributed by atoms with Crippen molar-refractivity contribution in [2.24, 2.45) is 0 Å². The Morgan fingerprint density at radius 2 is 0.781 bits per heavy atom. The summed E-state index contributed by atoms with van der Waals surface area (Å²) in [5.41, 5.74) is 0. The first-order valence-electron chi connectivity index (χ1n) is 31.7. The van der Waals surface area contributed by atoms with Gasteiger partial charge in [0.1, 0.15) is 24.4 Å².